The maximum atomic E-state index is 11.7. The Hall–Kier alpha value is -8.66. The quantitative estimate of drug-likeness (QED) is 0.0612. The van der Waals surface area contributed by atoms with E-state index in [2.05, 4.69) is 57.6 Å². The lowest BCUT2D eigenvalue weighted by Gasteiger charge is -2.22. The van der Waals surface area contributed by atoms with E-state index in [9.17, 15) is 56.2 Å². The highest BCUT2D eigenvalue weighted by atomic mass is 16.4. The Kier molecular flexibility index (Phi) is 8.88. The second-order valence-electron chi connectivity index (χ2n) is 16.4. The molecular formula is C48H31B3N4O11. The molecule has 0 spiro atoms. The number of rotatable bonds is 5. The number of nitrogens with zero attached hydrogens (tertiary/aromatic N) is 4. The van der Waals surface area contributed by atoms with Crippen LogP contribution >= 0.6 is 0 Å². The molecule has 2 aromatic heterocycles. The van der Waals surface area contributed by atoms with E-state index >= 15 is 0 Å². The Morgan fingerprint density at radius 3 is 1.62 bits per heavy atom. The summed E-state index contributed by atoms with van der Waals surface area (Å²) in [4.78, 5) is 13.2. The molecule has 1 aliphatic rings. The van der Waals surface area contributed by atoms with Gasteiger partial charge in [0.1, 0.15) is 51.9 Å². The van der Waals surface area contributed by atoms with Gasteiger partial charge in [-0.05, 0) is 69.0 Å². The minimum atomic E-state index is -1.27. The molecule has 1 aliphatic carbocycles. The van der Waals surface area contributed by atoms with Crippen molar-refractivity contribution in [3.63, 3.8) is 0 Å². The fourth-order valence-corrected chi connectivity index (χ4v) is 9.05. The molecule has 318 valence electrons. The van der Waals surface area contributed by atoms with Crippen LogP contribution in [0.1, 0.15) is 25.0 Å². The highest BCUT2D eigenvalue weighted by Gasteiger charge is 2.37. The lowest BCUT2D eigenvalue weighted by Crippen LogP contribution is -2.20. The van der Waals surface area contributed by atoms with Gasteiger partial charge in [0.2, 0.25) is 17.2 Å². The van der Waals surface area contributed by atoms with E-state index in [0.717, 1.165) is 38.5 Å². The maximum absolute atomic E-state index is 11.7. The van der Waals surface area contributed by atoms with Gasteiger partial charge in [-0.15, -0.1) is 0 Å². The number of para-hydroxylation sites is 1. The molecule has 10 rings (SSSR count). The van der Waals surface area contributed by atoms with Crippen molar-refractivity contribution in [2.24, 2.45) is 0 Å². The molecule has 2 heterocycles. The van der Waals surface area contributed by atoms with E-state index < -0.39 is 114 Å². The van der Waals surface area contributed by atoms with E-state index in [4.69, 9.17) is 23.5 Å². The number of phenols is 11. The van der Waals surface area contributed by atoms with Gasteiger partial charge in [-0.1, -0.05) is 68.4 Å². The zero-order valence-electron chi connectivity index (χ0n) is 34.5. The van der Waals surface area contributed by atoms with Crippen LogP contribution < -0.4 is 16.4 Å². The molecule has 15 nitrogen and oxygen atoms in total. The minimum absolute atomic E-state index is 0.240. The molecule has 0 atom stereocenters. The first kappa shape index (κ1) is 41.4. The summed E-state index contributed by atoms with van der Waals surface area (Å²) in [5.41, 5.74) is 1.52. The van der Waals surface area contributed by atoms with E-state index in [0.29, 0.717) is 5.69 Å². The number of aromatic nitrogens is 4. The van der Waals surface area contributed by atoms with Gasteiger partial charge in [0, 0.05) is 38.6 Å². The summed E-state index contributed by atoms with van der Waals surface area (Å²) < 4.78 is 2.06. The second kappa shape index (κ2) is 14.2. The normalized spacial score (nSPS) is 12.8. The van der Waals surface area contributed by atoms with Gasteiger partial charge in [-0.25, -0.2) is 15.0 Å². The molecule has 9 aromatic rings. The summed E-state index contributed by atoms with van der Waals surface area (Å²) in [5, 5.41) is 122. The zero-order chi connectivity index (χ0) is 47.0. The van der Waals surface area contributed by atoms with Crippen LogP contribution in [0.5, 0.6) is 63.2 Å². The van der Waals surface area contributed by atoms with Gasteiger partial charge in [-0.3, -0.25) is 0 Å². The topological polar surface area (TPSA) is 266 Å². The van der Waals surface area contributed by atoms with Crippen LogP contribution in [0.3, 0.4) is 0 Å². The fraction of sp³-hybridized carbons (Fsp3) is 0.0625. The number of aromatic hydroxyl groups is 11. The highest BCUT2D eigenvalue weighted by molar-refractivity contribution is 6.46. The van der Waals surface area contributed by atoms with E-state index in [-0.39, 0.29) is 16.8 Å². The third-order valence-corrected chi connectivity index (χ3v) is 12.4. The Morgan fingerprint density at radius 1 is 0.409 bits per heavy atom. The molecule has 66 heavy (non-hydrogen) atoms. The first-order valence-corrected chi connectivity index (χ1v) is 20.0. The predicted molar refractivity (Wildman–Crippen MR) is 248 cm³/mol. The predicted octanol–water partition coefficient (Wildman–Crippen LogP) is 5.09. The van der Waals surface area contributed by atoms with Crippen LogP contribution in [0.4, 0.5) is 0 Å². The number of benzene rings is 7. The average molecular weight is 872 g/mol. The Labute approximate surface area is 376 Å². The van der Waals surface area contributed by atoms with Crippen molar-refractivity contribution < 1.29 is 56.2 Å². The molecule has 0 fully saturated rings. The van der Waals surface area contributed by atoms with Crippen molar-refractivity contribution in [2.75, 3.05) is 0 Å². The van der Waals surface area contributed by atoms with Crippen LogP contribution in [-0.2, 0) is 5.41 Å². The molecule has 0 saturated heterocycles. The largest absolute Gasteiger partial charge is 0.508 e. The van der Waals surface area contributed by atoms with Crippen LogP contribution in [0.25, 0.3) is 83.9 Å². The maximum Gasteiger partial charge on any atom is 0.208 e. The van der Waals surface area contributed by atoms with Crippen molar-refractivity contribution in [3.05, 3.63) is 96.1 Å². The third kappa shape index (κ3) is 5.57. The van der Waals surface area contributed by atoms with E-state index in [1.54, 1.807) is 18.2 Å². The van der Waals surface area contributed by atoms with Gasteiger partial charge in [0.25, 0.3) is 0 Å². The summed E-state index contributed by atoms with van der Waals surface area (Å²) in [6.07, 6.45) is 0. The van der Waals surface area contributed by atoms with Crippen LogP contribution in [0.15, 0.2) is 84.9 Å². The summed E-state index contributed by atoms with van der Waals surface area (Å²) in [6, 6.07) is 27.4. The Balaban J connectivity index is 1.22. The standard InChI is InChI=1S/C48H31B3N4O11/c1-48(2)23-12-5-3-10-19(23)21-15-22-20-11-4-6-13-25(20)55(26(22)16-24(21)48)18-9-7-8-17(14-18)45-52-46(54-47(53-45)30-38(60)42(64)44(66)43(65)39(30)61)29-35(57)31(49)28(36(58)37(29)59)27-32(50)40(62)41(63)33(51)34(27)56/h3-16,56-66H,1-2H3. The molecule has 0 bridgehead atoms. The monoisotopic (exact) mass is 872 g/mol. The molecule has 6 radical (unpaired) electrons. The van der Waals surface area contributed by atoms with Crippen LogP contribution in [0, 0.1) is 0 Å². The van der Waals surface area contributed by atoms with Crippen molar-refractivity contribution in [3.8, 4) is 125 Å². The molecule has 0 amide bonds. The lowest BCUT2D eigenvalue weighted by molar-refractivity contribution is 0.329. The zero-order valence-corrected chi connectivity index (χ0v) is 34.5. The van der Waals surface area contributed by atoms with Crippen molar-refractivity contribution >= 4 is 61.7 Å². The summed E-state index contributed by atoms with van der Waals surface area (Å²) in [5.74, 6) is -14.2. The number of hydrogen-bond acceptors (Lipinski definition) is 14. The fourth-order valence-electron chi connectivity index (χ4n) is 9.05. The first-order chi connectivity index (χ1) is 31.3. The van der Waals surface area contributed by atoms with Gasteiger partial charge in [0.05, 0.1) is 11.0 Å². The molecular weight excluding hydrogens is 841 g/mol. The van der Waals surface area contributed by atoms with Gasteiger partial charge < -0.3 is 60.7 Å². The number of phenolic OH excluding ortho intramolecular Hbond substituents is 11. The van der Waals surface area contributed by atoms with Crippen molar-refractivity contribution in [2.45, 2.75) is 19.3 Å². The van der Waals surface area contributed by atoms with Gasteiger partial charge in [-0.2, -0.15) is 0 Å². The molecule has 0 unspecified atom stereocenters. The lowest BCUT2D eigenvalue weighted by atomic mass is 9.75. The van der Waals surface area contributed by atoms with Crippen LogP contribution in [0.2, 0.25) is 0 Å². The van der Waals surface area contributed by atoms with Crippen molar-refractivity contribution in [1.82, 2.24) is 19.5 Å². The van der Waals surface area contributed by atoms with Crippen molar-refractivity contribution in [1.29, 1.82) is 0 Å². The van der Waals surface area contributed by atoms with E-state index in [1.807, 2.05) is 42.5 Å². The molecule has 0 saturated carbocycles. The second-order valence-corrected chi connectivity index (χ2v) is 16.4. The smallest absolute Gasteiger partial charge is 0.208 e. The van der Waals surface area contributed by atoms with Gasteiger partial charge in [0.15, 0.2) is 46.2 Å². The number of hydrogen-bond donors (Lipinski definition) is 11. The first-order valence-electron chi connectivity index (χ1n) is 20.0. The summed E-state index contributed by atoms with van der Waals surface area (Å²) >= 11 is 0. The van der Waals surface area contributed by atoms with Gasteiger partial charge >= 0.3 is 0 Å². The molecule has 18 heteroatoms. The summed E-state index contributed by atoms with van der Waals surface area (Å²) in [6.45, 7) is 4.36. The Morgan fingerprint density at radius 2 is 0.924 bits per heavy atom. The molecule has 7 aromatic carbocycles. The average Bonchev–Trinajstić information content (AvgIpc) is 3.76. The Bertz CT molecular complexity index is 3560. The third-order valence-electron chi connectivity index (χ3n) is 12.4. The molecule has 0 aliphatic heterocycles. The summed E-state index contributed by atoms with van der Waals surface area (Å²) in [7, 11) is 18.0. The minimum Gasteiger partial charge on any atom is -0.508 e. The van der Waals surface area contributed by atoms with Crippen LogP contribution in [-0.4, -0.2) is 99.2 Å². The SMILES string of the molecule is [B]c1c(O)c(O)c([B])c(-c2c([B])c(O)c(-c3nc(-c4cccc(-n5c6ccccc6c6cc7c(cc65)C(C)(C)c5ccccc5-7)c4)nc(-c4c(O)c(O)c(O)c(O)c4O)n3)c(O)c2O)c1O. The molecule has 11 N–H and O–H groups in total. The number of fused-ring (bicyclic) bond motifs is 6. The van der Waals surface area contributed by atoms with E-state index in [1.165, 1.54) is 5.56 Å². The highest BCUT2D eigenvalue weighted by Crippen LogP contribution is 2.55.